The molecule has 0 saturated carbocycles. The fourth-order valence-corrected chi connectivity index (χ4v) is 4.24. The van der Waals surface area contributed by atoms with Gasteiger partial charge in [-0.3, -0.25) is 4.79 Å². The van der Waals surface area contributed by atoms with Gasteiger partial charge in [-0.05, 0) is 12.8 Å². The predicted octanol–water partition coefficient (Wildman–Crippen LogP) is 7.61. The fraction of sp³-hybridized carbons (Fsp3) is 0.897. The van der Waals surface area contributed by atoms with E-state index in [0.717, 1.165) is 25.7 Å². The molecule has 3 N–H and O–H groups in total. The number of amides is 1. The van der Waals surface area contributed by atoms with Crippen molar-refractivity contribution in [2.24, 2.45) is 0 Å². The molecule has 0 bridgehead atoms. The van der Waals surface area contributed by atoms with E-state index in [1.165, 1.54) is 103 Å². The molecule has 0 aliphatic heterocycles. The van der Waals surface area contributed by atoms with Gasteiger partial charge in [-0.15, -0.1) is 0 Å². The number of aliphatic hydroxyl groups is 2. The van der Waals surface area contributed by atoms with E-state index in [0.29, 0.717) is 6.42 Å². The number of carbonyl (C=O) groups is 1. The zero-order chi connectivity index (χ0) is 24.4. The molecule has 2 atom stereocenters. The van der Waals surface area contributed by atoms with Gasteiger partial charge in [-0.2, -0.15) is 0 Å². The monoisotopic (exact) mass is 467 g/mol. The first-order chi connectivity index (χ1) is 16.2. The summed E-state index contributed by atoms with van der Waals surface area (Å²) in [6.45, 7) is 4.10. The van der Waals surface area contributed by atoms with E-state index >= 15 is 0 Å². The van der Waals surface area contributed by atoms with Crippen LogP contribution in [0.1, 0.15) is 149 Å². The van der Waals surface area contributed by atoms with E-state index in [9.17, 15) is 15.0 Å². The first-order valence-electron chi connectivity index (χ1n) is 14.4. The number of rotatable bonds is 25. The maximum Gasteiger partial charge on any atom is 0.220 e. The number of unbranched alkanes of at least 4 members (excludes halogenated alkanes) is 18. The van der Waals surface area contributed by atoms with Crippen LogP contribution in [0.3, 0.4) is 0 Å². The molecule has 196 valence electrons. The number of carbonyl (C=O) groups excluding carboxylic acids is 1. The topological polar surface area (TPSA) is 69.6 Å². The van der Waals surface area contributed by atoms with Crippen LogP contribution in [0.5, 0.6) is 0 Å². The Morgan fingerprint density at radius 2 is 1.12 bits per heavy atom. The third kappa shape index (κ3) is 22.7. The second kappa shape index (κ2) is 25.7. The van der Waals surface area contributed by atoms with Crippen LogP contribution in [0.25, 0.3) is 0 Å². The van der Waals surface area contributed by atoms with Crippen molar-refractivity contribution in [3.63, 3.8) is 0 Å². The van der Waals surface area contributed by atoms with Gasteiger partial charge in [0.2, 0.25) is 5.91 Å². The molecule has 0 aromatic rings. The van der Waals surface area contributed by atoms with E-state index in [-0.39, 0.29) is 12.5 Å². The fourth-order valence-electron chi connectivity index (χ4n) is 4.24. The van der Waals surface area contributed by atoms with Gasteiger partial charge in [0.05, 0.1) is 18.8 Å². The second-order valence-corrected chi connectivity index (χ2v) is 9.82. The molecule has 0 fully saturated rings. The lowest BCUT2D eigenvalue weighted by molar-refractivity contribution is -0.123. The Morgan fingerprint density at radius 1 is 0.697 bits per heavy atom. The molecule has 4 heteroatoms. The molecule has 0 radical (unpaired) electrons. The minimum atomic E-state index is -0.828. The number of aliphatic hydroxyl groups excluding tert-OH is 2. The predicted molar refractivity (Wildman–Crippen MR) is 142 cm³/mol. The first-order valence-corrected chi connectivity index (χ1v) is 14.4. The molecule has 0 spiro atoms. The normalized spacial score (nSPS) is 13.5. The second-order valence-electron chi connectivity index (χ2n) is 9.82. The average molecular weight is 468 g/mol. The van der Waals surface area contributed by atoms with Gasteiger partial charge in [-0.25, -0.2) is 0 Å². The lowest BCUT2D eigenvalue weighted by atomic mass is 10.0. The Bertz CT molecular complexity index is 439. The lowest BCUT2D eigenvalue weighted by Gasteiger charge is -2.19. The zero-order valence-electron chi connectivity index (χ0n) is 22.2. The molecule has 1 amide bonds. The zero-order valence-corrected chi connectivity index (χ0v) is 22.2. The molecule has 0 rings (SSSR count). The summed E-state index contributed by atoms with van der Waals surface area (Å²) >= 11 is 0. The minimum Gasteiger partial charge on any atom is -0.394 e. The van der Waals surface area contributed by atoms with Crippen LogP contribution < -0.4 is 5.32 Å². The van der Waals surface area contributed by atoms with Crippen molar-refractivity contribution in [3.8, 4) is 0 Å². The summed E-state index contributed by atoms with van der Waals surface area (Å²) < 4.78 is 0. The molecule has 0 aromatic heterocycles. The van der Waals surface area contributed by atoms with Crippen LogP contribution in [0, 0.1) is 0 Å². The molecular formula is C29H57NO3. The van der Waals surface area contributed by atoms with E-state index in [4.69, 9.17) is 0 Å². The first kappa shape index (κ1) is 32.1. The quantitative estimate of drug-likeness (QED) is 0.0955. The lowest BCUT2D eigenvalue weighted by Crippen LogP contribution is -2.45. The molecule has 0 saturated heterocycles. The summed E-state index contributed by atoms with van der Waals surface area (Å²) in [7, 11) is 0. The van der Waals surface area contributed by atoms with Crippen molar-refractivity contribution in [1.29, 1.82) is 0 Å². The molecule has 0 heterocycles. The number of nitrogens with one attached hydrogen (secondary N) is 1. The van der Waals surface area contributed by atoms with Gasteiger partial charge in [0.15, 0.2) is 0 Å². The summed E-state index contributed by atoms with van der Waals surface area (Å²) in [6.07, 6.45) is 29.1. The number of allylic oxidation sites excluding steroid dienone is 1. The van der Waals surface area contributed by atoms with E-state index in [1.807, 2.05) is 6.08 Å². The van der Waals surface area contributed by atoms with Gasteiger partial charge < -0.3 is 15.5 Å². The molecule has 0 aliphatic carbocycles. The summed E-state index contributed by atoms with van der Waals surface area (Å²) in [5.41, 5.74) is 0. The van der Waals surface area contributed by atoms with Gasteiger partial charge in [0.1, 0.15) is 0 Å². The van der Waals surface area contributed by atoms with E-state index < -0.39 is 12.1 Å². The summed E-state index contributed by atoms with van der Waals surface area (Å²) in [5, 5.41) is 22.2. The summed E-state index contributed by atoms with van der Waals surface area (Å²) in [4.78, 5) is 12.1. The third-order valence-electron chi connectivity index (χ3n) is 6.50. The van der Waals surface area contributed by atoms with Crippen LogP contribution in [0.2, 0.25) is 0 Å². The van der Waals surface area contributed by atoms with Crippen molar-refractivity contribution in [2.75, 3.05) is 6.61 Å². The molecule has 0 aliphatic rings. The van der Waals surface area contributed by atoms with Crippen molar-refractivity contribution >= 4 is 5.91 Å². The third-order valence-corrected chi connectivity index (χ3v) is 6.50. The van der Waals surface area contributed by atoms with Gasteiger partial charge in [0, 0.05) is 6.42 Å². The highest BCUT2D eigenvalue weighted by atomic mass is 16.3. The maximum absolute atomic E-state index is 12.1. The Balaban J connectivity index is 3.42. The highest BCUT2D eigenvalue weighted by Gasteiger charge is 2.17. The van der Waals surface area contributed by atoms with Crippen molar-refractivity contribution in [3.05, 3.63) is 12.2 Å². The van der Waals surface area contributed by atoms with Gasteiger partial charge >= 0.3 is 0 Å². The maximum atomic E-state index is 12.1. The molecule has 0 aromatic carbocycles. The SMILES string of the molecule is CCC/C=C/C(O)C(CO)NC(=O)CCCCCCCCCCCCCCCCCCCC. The molecular weight excluding hydrogens is 410 g/mol. The summed E-state index contributed by atoms with van der Waals surface area (Å²) in [6, 6.07) is -0.610. The van der Waals surface area contributed by atoms with Gasteiger partial charge in [0.25, 0.3) is 0 Å². The van der Waals surface area contributed by atoms with Crippen LogP contribution in [0.15, 0.2) is 12.2 Å². The smallest absolute Gasteiger partial charge is 0.220 e. The van der Waals surface area contributed by atoms with Crippen LogP contribution in [0.4, 0.5) is 0 Å². The Labute approximate surface area is 206 Å². The van der Waals surface area contributed by atoms with Crippen LogP contribution in [-0.2, 0) is 4.79 Å². The number of hydrogen-bond donors (Lipinski definition) is 3. The largest absolute Gasteiger partial charge is 0.394 e. The van der Waals surface area contributed by atoms with Crippen molar-refractivity contribution in [2.45, 2.75) is 161 Å². The standard InChI is InChI=1S/C29H57NO3/c1-3-5-7-8-9-10-11-12-13-14-15-16-17-18-19-20-21-23-25-29(33)30-27(26-31)28(32)24-22-6-4-2/h22,24,27-28,31-32H,3-21,23,25-26H2,1-2H3,(H,30,33)/b24-22+. The minimum absolute atomic E-state index is 0.0755. The molecule has 2 unspecified atom stereocenters. The van der Waals surface area contributed by atoms with Crippen molar-refractivity contribution in [1.82, 2.24) is 5.32 Å². The average Bonchev–Trinajstić information content (AvgIpc) is 2.81. The Morgan fingerprint density at radius 3 is 1.52 bits per heavy atom. The highest BCUT2D eigenvalue weighted by molar-refractivity contribution is 5.76. The van der Waals surface area contributed by atoms with Gasteiger partial charge in [-0.1, -0.05) is 142 Å². The van der Waals surface area contributed by atoms with Crippen molar-refractivity contribution < 1.29 is 15.0 Å². The number of hydrogen-bond acceptors (Lipinski definition) is 3. The van der Waals surface area contributed by atoms with E-state index in [1.54, 1.807) is 6.08 Å². The van der Waals surface area contributed by atoms with Crippen LogP contribution >= 0.6 is 0 Å². The Kier molecular flexibility index (Phi) is 25.1. The Hall–Kier alpha value is -0.870. The highest BCUT2D eigenvalue weighted by Crippen LogP contribution is 2.14. The molecule has 33 heavy (non-hydrogen) atoms. The molecule has 4 nitrogen and oxygen atoms in total. The van der Waals surface area contributed by atoms with E-state index in [2.05, 4.69) is 19.2 Å². The van der Waals surface area contributed by atoms with Crippen LogP contribution in [-0.4, -0.2) is 34.9 Å². The summed E-state index contributed by atoms with van der Waals surface area (Å²) in [5.74, 6) is -0.0755.